The van der Waals surface area contributed by atoms with Gasteiger partial charge in [0, 0.05) is 32.6 Å². The fourth-order valence-electron chi connectivity index (χ4n) is 6.48. The van der Waals surface area contributed by atoms with E-state index in [-0.39, 0.29) is 50.4 Å². The minimum Gasteiger partial charge on any atom is -0.410 e. The number of benzene rings is 3. The Morgan fingerprint density at radius 2 is 1.81 bits per heavy atom. The van der Waals surface area contributed by atoms with E-state index >= 15 is 0 Å². The number of nitrogens with one attached hydrogen (secondary N) is 2. The number of thiazole rings is 1. The highest BCUT2D eigenvalue weighted by Crippen LogP contribution is 2.32. The molecule has 2 aliphatic rings. The third-order valence-electron chi connectivity index (χ3n) is 8.97. The van der Waals surface area contributed by atoms with Crippen molar-refractivity contribution in [3.05, 3.63) is 102 Å². The number of nitrogen functional groups attached to an aromatic ring is 1. The Morgan fingerprint density at radius 1 is 1.04 bits per heavy atom. The third kappa shape index (κ3) is 8.33. The van der Waals surface area contributed by atoms with Crippen molar-refractivity contribution in [3.63, 3.8) is 0 Å². The molecule has 2 saturated heterocycles. The molecule has 52 heavy (non-hydrogen) atoms. The number of rotatable bonds is 13. The average Bonchev–Trinajstić information content (AvgIpc) is 3.67. The molecule has 3 aromatic carbocycles. The number of piperazine rings is 1. The first-order valence-corrected chi connectivity index (χ1v) is 17.8. The van der Waals surface area contributed by atoms with Gasteiger partial charge in [-0.3, -0.25) is 14.6 Å². The van der Waals surface area contributed by atoms with E-state index in [1.54, 1.807) is 45.2 Å². The summed E-state index contributed by atoms with van der Waals surface area (Å²) >= 11 is 1.38. The maximum Gasteiger partial charge on any atom is 0.412 e. The first-order valence-electron chi connectivity index (χ1n) is 17.0. The zero-order chi connectivity index (χ0) is 36.8. The Hall–Kier alpha value is -5.51. The second-order valence-electron chi connectivity index (χ2n) is 12.9. The highest BCUT2D eigenvalue weighted by molar-refractivity contribution is 7.22. The van der Waals surface area contributed by atoms with Crippen LogP contribution >= 0.6 is 11.3 Å². The number of aromatic nitrogens is 1. The van der Waals surface area contributed by atoms with Gasteiger partial charge < -0.3 is 35.8 Å². The van der Waals surface area contributed by atoms with Crippen LogP contribution in [0.2, 0.25) is 0 Å². The zero-order valence-corrected chi connectivity index (χ0v) is 30.1. The van der Waals surface area contributed by atoms with E-state index < -0.39 is 18.3 Å². The Balaban J connectivity index is 1.25. The molecule has 1 aromatic heterocycles. The Morgan fingerprint density at radius 3 is 2.54 bits per heavy atom. The van der Waals surface area contributed by atoms with E-state index in [0.717, 1.165) is 26.9 Å². The summed E-state index contributed by atoms with van der Waals surface area (Å²) in [5.74, 6) is -0.145. The van der Waals surface area contributed by atoms with Crippen LogP contribution in [0.5, 0.6) is 5.75 Å². The van der Waals surface area contributed by atoms with Gasteiger partial charge in [0.25, 0.3) is 0 Å². The van der Waals surface area contributed by atoms with E-state index in [1.807, 2.05) is 67.5 Å². The molecule has 0 spiro atoms. The summed E-state index contributed by atoms with van der Waals surface area (Å²) < 4.78 is 6.34. The van der Waals surface area contributed by atoms with E-state index in [0.29, 0.717) is 30.5 Å². The Labute approximate surface area is 306 Å². The number of ether oxygens (including phenoxy) is 1. The minimum absolute atomic E-state index is 0.0944. The summed E-state index contributed by atoms with van der Waals surface area (Å²) in [6, 6.07) is 21.0. The first-order chi connectivity index (χ1) is 25.1. The van der Waals surface area contributed by atoms with E-state index in [4.69, 9.17) is 10.5 Å². The third-order valence-corrected chi connectivity index (χ3v) is 9.82. The maximum atomic E-state index is 14.4. The molecule has 2 fully saturated rings. The van der Waals surface area contributed by atoms with Gasteiger partial charge in [-0.05, 0) is 49.0 Å². The second kappa shape index (κ2) is 16.2. The Bertz CT molecular complexity index is 1920. The van der Waals surface area contributed by atoms with Gasteiger partial charge in [0.05, 0.1) is 29.9 Å². The van der Waals surface area contributed by atoms with Crippen molar-refractivity contribution in [2.45, 2.75) is 31.7 Å². The molecular formula is C37H43N9O5S. The summed E-state index contributed by atoms with van der Waals surface area (Å²) in [5.41, 5.74) is 9.30. The molecule has 15 heteroatoms. The van der Waals surface area contributed by atoms with Crippen molar-refractivity contribution >= 4 is 50.6 Å². The summed E-state index contributed by atoms with van der Waals surface area (Å²) in [4.78, 5) is 64.0. The summed E-state index contributed by atoms with van der Waals surface area (Å²) in [6.45, 7) is 5.73. The molecule has 0 bridgehead atoms. The van der Waals surface area contributed by atoms with Crippen LogP contribution in [-0.4, -0.2) is 113 Å². The number of nitrogens with two attached hydrogens (primary N) is 1. The lowest BCUT2D eigenvalue weighted by Gasteiger charge is -2.46. The number of nitrogens with zero attached hydrogens (tertiary/aromatic N) is 6. The number of carbonyl (C=O) groups excluding carboxylic acids is 4. The van der Waals surface area contributed by atoms with Gasteiger partial charge in [-0.1, -0.05) is 72.0 Å². The summed E-state index contributed by atoms with van der Waals surface area (Å²) in [5, 5.41) is 9.32. The number of urea groups is 1. The number of hydrogen-bond acceptors (Lipinski definition) is 10. The van der Waals surface area contributed by atoms with Gasteiger partial charge in [0.15, 0.2) is 5.13 Å². The largest absolute Gasteiger partial charge is 0.412 e. The smallest absolute Gasteiger partial charge is 0.410 e. The lowest BCUT2D eigenvalue weighted by Crippen LogP contribution is -2.66. The number of para-hydroxylation sites is 1. The maximum absolute atomic E-state index is 14.4. The van der Waals surface area contributed by atoms with Crippen LogP contribution in [0.4, 0.5) is 14.7 Å². The fourth-order valence-corrected chi connectivity index (χ4v) is 7.26. The molecule has 4 aromatic rings. The average molecular weight is 726 g/mol. The minimum atomic E-state index is -0.866. The van der Waals surface area contributed by atoms with Crippen LogP contribution in [0.3, 0.4) is 0 Å². The van der Waals surface area contributed by atoms with Gasteiger partial charge in [-0.25, -0.2) is 14.6 Å². The van der Waals surface area contributed by atoms with Gasteiger partial charge in [-0.15, -0.1) is 6.58 Å². The first kappa shape index (κ1) is 36.3. The van der Waals surface area contributed by atoms with E-state index in [9.17, 15) is 19.2 Å². The van der Waals surface area contributed by atoms with Crippen molar-refractivity contribution in [1.82, 2.24) is 40.3 Å². The number of hydrogen-bond donors (Lipinski definition) is 3. The highest BCUT2D eigenvalue weighted by Gasteiger charge is 2.52. The quantitative estimate of drug-likeness (QED) is 0.176. The van der Waals surface area contributed by atoms with Crippen LogP contribution in [0.25, 0.3) is 10.2 Å². The molecule has 4 N–H and O–H groups in total. The SMILES string of the molecule is C=CCN(C(=O)NCc1ccccc1)N1CC(=O)N2[C@@H](Cc3ccc(OC(=O)NCCN(C)C)cc3)C(=O)N(Cc3cccc4sc(N)nc34)C[C@@H]21. The number of anilines is 1. The molecule has 272 valence electrons. The number of fused-ring (bicyclic) bond motifs is 2. The van der Waals surface area contributed by atoms with Gasteiger partial charge in [-0.2, -0.15) is 5.01 Å². The van der Waals surface area contributed by atoms with E-state index in [1.165, 1.54) is 16.3 Å². The van der Waals surface area contributed by atoms with Gasteiger partial charge in [0.2, 0.25) is 11.8 Å². The van der Waals surface area contributed by atoms with Crippen molar-refractivity contribution in [2.24, 2.45) is 0 Å². The van der Waals surface area contributed by atoms with Gasteiger partial charge >= 0.3 is 12.1 Å². The van der Waals surface area contributed by atoms with Crippen LogP contribution in [-0.2, 0) is 29.1 Å². The Kier molecular flexibility index (Phi) is 11.3. The van der Waals surface area contributed by atoms with E-state index in [2.05, 4.69) is 22.2 Å². The zero-order valence-electron chi connectivity index (χ0n) is 29.2. The standard InChI is InChI=1S/C37H43N9O5S/c1-4-18-44(36(49)40-21-26-9-6-5-7-10-26)45-24-32(47)46-29(20-25-13-15-28(16-14-25)51-37(50)39-17-19-42(2)3)34(48)43(23-31(45)46)22-27-11-8-12-30-33(27)41-35(38)52-30/h4-16,29,31H,1,17-24H2,2-3H3,(H2,38,41)(H,39,50)(H,40,49)/t29-,31+/m0/s1. The topological polar surface area (TPSA) is 157 Å². The van der Waals surface area contributed by atoms with Crippen LogP contribution in [0.15, 0.2) is 85.5 Å². The lowest BCUT2D eigenvalue weighted by molar-refractivity contribution is -0.157. The molecule has 0 saturated carbocycles. The molecular weight excluding hydrogens is 683 g/mol. The normalized spacial score (nSPS) is 17.4. The second-order valence-corrected chi connectivity index (χ2v) is 14.0. The van der Waals surface area contributed by atoms with Crippen molar-refractivity contribution < 1.29 is 23.9 Å². The molecule has 0 radical (unpaired) electrons. The van der Waals surface area contributed by atoms with Crippen molar-refractivity contribution in [2.75, 3.05) is 52.6 Å². The molecule has 3 heterocycles. The number of carbonyl (C=O) groups is 4. The molecule has 0 aliphatic carbocycles. The fraction of sp³-hybridized carbons (Fsp3) is 0.324. The molecule has 14 nitrogen and oxygen atoms in total. The van der Waals surface area contributed by atoms with Crippen molar-refractivity contribution in [3.8, 4) is 5.75 Å². The monoisotopic (exact) mass is 725 g/mol. The van der Waals surface area contributed by atoms with Crippen molar-refractivity contribution in [1.29, 1.82) is 0 Å². The predicted octanol–water partition coefficient (Wildman–Crippen LogP) is 3.27. The molecule has 2 aliphatic heterocycles. The molecule has 6 rings (SSSR count). The predicted molar refractivity (Wildman–Crippen MR) is 199 cm³/mol. The highest BCUT2D eigenvalue weighted by atomic mass is 32.1. The lowest BCUT2D eigenvalue weighted by atomic mass is 9.99. The van der Waals surface area contributed by atoms with Crippen LogP contribution < -0.4 is 21.1 Å². The number of amides is 5. The number of hydrazine groups is 1. The molecule has 5 amide bonds. The molecule has 2 atom stereocenters. The summed E-state index contributed by atoms with van der Waals surface area (Å²) in [7, 11) is 3.83. The number of likely N-dealkylation sites (N-methyl/N-ethyl adjacent to an activating group) is 1. The van der Waals surface area contributed by atoms with Crippen LogP contribution in [0.1, 0.15) is 16.7 Å². The molecule has 0 unspecified atom stereocenters. The van der Waals surface area contributed by atoms with Crippen LogP contribution in [0, 0.1) is 0 Å². The summed E-state index contributed by atoms with van der Waals surface area (Å²) in [6.07, 6.45) is 0.617. The van der Waals surface area contributed by atoms with Gasteiger partial charge in [0.1, 0.15) is 18.0 Å².